The highest BCUT2D eigenvalue weighted by Gasteiger charge is 2.30. The molecule has 24 heavy (non-hydrogen) atoms. The first-order valence-corrected chi connectivity index (χ1v) is 8.05. The van der Waals surface area contributed by atoms with Crippen LogP contribution in [0.25, 0.3) is 0 Å². The molecule has 2 heterocycles. The van der Waals surface area contributed by atoms with Crippen LogP contribution in [0.4, 0.5) is 5.69 Å². The van der Waals surface area contributed by atoms with Gasteiger partial charge >= 0.3 is 0 Å². The summed E-state index contributed by atoms with van der Waals surface area (Å²) >= 11 is 1.16. The van der Waals surface area contributed by atoms with Gasteiger partial charge in [0.25, 0.3) is 0 Å². The van der Waals surface area contributed by atoms with Crippen LogP contribution < -0.4 is 10.6 Å². The van der Waals surface area contributed by atoms with Gasteiger partial charge in [0.1, 0.15) is 11.0 Å². The van der Waals surface area contributed by atoms with E-state index in [2.05, 4.69) is 20.8 Å². The quantitative estimate of drug-likeness (QED) is 0.658. The number of furan rings is 1. The van der Waals surface area contributed by atoms with E-state index in [1.165, 1.54) is 12.5 Å². The van der Waals surface area contributed by atoms with Crippen molar-refractivity contribution < 1.29 is 14.0 Å². The van der Waals surface area contributed by atoms with Gasteiger partial charge in [0.15, 0.2) is 5.17 Å². The molecule has 1 aliphatic heterocycles. The molecule has 3 rings (SSSR count). The van der Waals surface area contributed by atoms with Gasteiger partial charge in [0.05, 0.1) is 12.5 Å². The molecule has 8 heteroatoms. The summed E-state index contributed by atoms with van der Waals surface area (Å²) < 4.78 is 5.09. The normalized spacial score (nSPS) is 19.4. The Hall–Kier alpha value is -2.87. The Labute approximate surface area is 142 Å². The minimum Gasteiger partial charge on any atom is -0.463 e. The van der Waals surface area contributed by atoms with Gasteiger partial charge in [-0.2, -0.15) is 5.10 Å². The van der Waals surface area contributed by atoms with Gasteiger partial charge in [-0.25, -0.2) is 0 Å². The van der Waals surface area contributed by atoms with Crippen molar-refractivity contribution in [2.45, 2.75) is 11.7 Å². The third-order valence-electron chi connectivity index (χ3n) is 3.08. The standard InChI is InChI=1S/C16H14N4O3S/c21-14-9-13(15(22)18-11-5-2-1-3-6-11)24-16(19-14)20-17-10-12-7-4-8-23-12/h1-8,10,13H,9H2,(H,18,22)(H,19,20,21)/t13-/m1/s1. The van der Waals surface area contributed by atoms with Crippen molar-refractivity contribution in [1.29, 1.82) is 0 Å². The van der Waals surface area contributed by atoms with E-state index in [0.717, 1.165) is 11.8 Å². The summed E-state index contributed by atoms with van der Waals surface area (Å²) in [6.07, 6.45) is 3.03. The van der Waals surface area contributed by atoms with Crippen LogP contribution in [0.2, 0.25) is 0 Å². The van der Waals surface area contributed by atoms with Crippen LogP contribution in [-0.2, 0) is 9.59 Å². The molecule has 0 spiro atoms. The van der Waals surface area contributed by atoms with E-state index in [1.807, 2.05) is 18.2 Å². The smallest absolute Gasteiger partial charge is 0.238 e. The van der Waals surface area contributed by atoms with Crippen LogP contribution in [0.5, 0.6) is 0 Å². The van der Waals surface area contributed by atoms with Crippen molar-refractivity contribution in [3.05, 3.63) is 54.5 Å². The number of amides is 2. The van der Waals surface area contributed by atoms with Crippen molar-refractivity contribution >= 4 is 40.6 Å². The second-order valence-corrected chi connectivity index (χ2v) is 6.07. The van der Waals surface area contributed by atoms with Gasteiger partial charge in [-0.05, 0) is 24.3 Å². The van der Waals surface area contributed by atoms with Crippen molar-refractivity contribution in [3.63, 3.8) is 0 Å². The molecule has 1 atom stereocenters. The molecule has 1 aromatic heterocycles. The summed E-state index contributed by atoms with van der Waals surface area (Å²) in [5.41, 5.74) is 0.684. The molecular weight excluding hydrogens is 328 g/mol. The Morgan fingerprint density at radius 1 is 1.29 bits per heavy atom. The van der Waals surface area contributed by atoms with Gasteiger partial charge in [-0.15, -0.1) is 5.10 Å². The fraction of sp³-hybridized carbons (Fsp3) is 0.125. The number of para-hydroxylation sites is 1. The van der Waals surface area contributed by atoms with Crippen LogP contribution in [0.15, 0.2) is 63.3 Å². The van der Waals surface area contributed by atoms with E-state index in [-0.39, 0.29) is 23.4 Å². The lowest BCUT2D eigenvalue weighted by atomic mass is 10.2. The van der Waals surface area contributed by atoms with Crippen molar-refractivity contribution in [3.8, 4) is 0 Å². The Morgan fingerprint density at radius 2 is 2.12 bits per heavy atom. The minimum atomic E-state index is -0.559. The highest BCUT2D eigenvalue weighted by molar-refractivity contribution is 8.15. The van der Waals surface area contributed by atoms with Crippen LogP contribution >= 0.6 is 11.8 Å². The fourth-order valence-electron chi connectivity index (χ4n) is 1.99. The number of amidine groups is 1. The van der Waals surface area contributed by atoms with Gasteiger partial charge in [0, 0.05) is 12.1 Å². The first kappa shape index (κ1) is 16.0. The molecule has 0 radical (unpaired) electrons. The minimum absolute atomic E-state index is 0.0876. The molecule has 0 saturated carbocycles. The lowest BCUT2D eigenvalue weighted by Crippen LogP contribution is -2.41. The molecule has 1 aromatic carbocycles. The van der Waals surface area contributed by atoms with Crippen LogP contribution in [0.3, 0.4) is 0 Å². The topological polar surface area (TPSA) is 96.1 Å². The second kappa shape index (κ2) is 7.60. The molecule has 2 aromatic rings. The highest BCUT2D eigenvalue weighted by Crippen LogP contribution is 2.22. The molecule has 1 aliphatic rings. The van der Waals surface area contributed by atoms with E-state index in [1.54, 1.807) is 24.3 Å². The Balaban J connectivity index is 1.64. The molecule has 1 saturated heterocycles. The lowest BCUT2D eigenvalue weighted by Gasteiger charge is -2.21. The first-order chi connectivity index (χ1) is 11.7. The number of nitrogens with one attached hydrogen (secondary N) is 2. The summed E-state index contributed by atoms with van der Waals surface area (Å²) in [6.45, 7) is 0. The van der Waals surface area contributed by atoms with Gasteiger partial charge < -0.3 is 15.1 Å². The zero-order chi connectivity index (χ0) is 16.8. The third-order valence-corrected chi connectivity index (χ3v) is 4.15. The van der Waals surface area contributed by atoms with Gasteiger partial charge in [-0.1, -0.05) is 30.0 Å². The zero-order valence-corrected chi connectivity index (χ0v) is 13.3. The average molecular weight is 342 g/mol. The van der Waals surface area contributed by atoms with Crippen molar-refractivity contribution in [1.82, 2.24) is 5.32 Å². The van der Waals surface area contributed by atoms with E-state index in [9.17, 15) is 9.59 Å². The highest BCUT2D eigenvalue weighted by atomic mass is 32.2. The number of carbonyl (C=O) groups excluding carboxylic acids is 2. The Morgan fingerprint density at radius 3 is 2.88 bits per heavy atom. The number of nitrogens with zero attached hydrogens (tertiary/aromatic N) is 2. The predicted molar refractivity (Wildman–Crippen MR) is 92.9 cm³/mol. The Kier molecular flexibility index (Phi) is 5.07. The lowest BCUT2D eigenvalue weighted by molar-refractivity contribution is -0.123. The number of benzene rings is 1. The van der Waals surface area contributed by atoms with Crippen molar-refractivity contribution in [2.75, 3.05) is 5.32 Å². The molecular formula is C16H14N4O3S. The predicted octanol–water partition coefficient (Wildman–Crippen LogP) is 2.23. The molecule has 7 nitrogen and oxygen atoms in total. The maximum atomic E-state index is 12.3. The average Bonchev–Trinajstić information content (AvgIpc) is 3.09. The molecule has 1 fully saturated rings. The summed E-state index contributed by atoms with van der Waals surface area (Å²) in [4.78, 5) is 24.1. The first-order valence-electron chi connectivity index (χ1n) is 7.17. The maximum Gasteiger partial charge on any atom is 0.238 e. The molecule has 2 amide bonds. The number of anilines is 1. The van der Waals surface area contributed by atoms with E-state index < -0.39 is 5.25 Å². The number of thioether (sulfide) groups is 1. The molecule has 2 N–H and O–H groups in total. The molecule has 0 aliphatic carbocycles. The SMILES string of the molecule is O=C1C[C@H](C(=O)Nc2ccccc2)SC(=NN=Cc2ccco2)N1. The monoisotopic (exact) mass is 342 g/mol. The maximum absolute atomic E-state index is 12.3. The molecule has 0 unspecified atom stereocenters. The summed E-state index contributed by atoms with van der Waals surface area (Å²) in [7, 11) is 0. The summed E-state index contributed by atoms with van der Waals surface area (Å²) in [6, 6.07) is 12.5. The van der Waals surface area contributed by atoms with E-state index in [0.29, 0.717) is 11.4 Å². The van der Waals surface area contributed by atoms with Crippen LogP contribution in [-0.4, -0.2) is 28.4 Å². The molecule has 0 bridgehead atoms. The summed E-state index contributed by atoms with van der Waals surface area (Å²) in [5, 5.41) is 12.9. The van der Waals surface area contributed by atoms with Crippen LogP contribution in [0, 0.1) is 0 Å². The van der Waals surface area contributed by atoms with Gasteiger partial charge in [-0.3, -0.25) is 9.59 Å². The largest absolute Gasteiger partial charge is 0.463 e. The third kappa shape index (κ3) is 4.32. The van der Waals surface area contributed by atoms with Crippen molar-refractivity contribution in [2.24, 2.45) is 10.2 Å². The zero-order valence-electron chi connectivity index (χ0n) is 12.5. The number of hydrogen-bond acceptors (Lipinski definition) is 6. The fourth-order valence-corrected chi connectivity index (χ4v) is 2.92. The van der Waals surface area contributed by atoms with Gasteiger partial charge in [0.2, 0.25) is 11.8 Å². The Bertz CT molecular complexity index is 772. The van der Waals surface area contributed by atoms with Crippen LogP contribution in [0.1, 0.15) is 12.2 Å². The number of hydrogen-bond donors (Lipinski definition) is 2. The second-order valence-electron chi connectivity index (χ2n) is 4.88. The van der Waals surface area contributed by atoms with E-state index >= 15 is 0 Å². The number of rotatable bonds is 4. The molecule has 122 valence electrons. The summed E-state index contributed by atoms with van der Waals surface area (Å²) in [5.74, 6) is 0.0301. The number of carbonyl (C=O) groups is 2. The van der Waals surface area contributed by atoms with E-state index in [4.69, 9.17) is 4.42 Å².